The van der Waals surface area contributed by atoms with Crippen molar-refractivity contribution in [3.63, 3.8) is 0 Å². The van der Waals surface area contributed by atoms with Crippen molar-refractivity contribution in [3.05, 3.63) is 12.2 Å². The molecular weight excluding hydrogens is 288 g/mol. The highest BCUT2D eigenvalue weighted by Gasteiger charge is 2.39. The largest absolute Gasteiger partial charge is 0.444 e. The number of fused-ring (bicyclic) bond motifs is 2. The zero-order chi connectivity index (χ0) is 16.6. The monoisotopic (exact) mass is 320 g/mol. The van der Waals surface area contributed by atoms with Gasteiger partial charge in [-0.25, -0.2) is 4.79 Å². The highest BCUT2D eigenvalue weighted by Crippen LogP contribution is 2.45. The summed E-state index contributed by atoms with van der Waals surface area (Å²) in [6.45, 7) is 9.71. The van der Waals surface area contributed by atoms with Crippen LogP contribution in [0.4, 0.5) is 4.79 Å². The molecule has 4 heteroatoms. The molecule has 1 amide bonds. The van der Waals surface area contributed by atoms with Crippen LogP contribution >= 0.6 is 0 Å². The first-order chi connectivity index (χ1) is 10.8. The van der Waals surface area contributed by atoms with Crippen LogP contribution < -0.4 is 5.32 Å². The Morgan fingerprint density at radius 2 is 1.91 bits per heavy atom. The van der Waals surface area contributed by atoms with Crippen molar-refractivity contribution in [1.29, 1.82) is 0 Å². The summed E-state index contributed by atoms with van der Waals surface area (Å²) in [5.74, 6) is 2.43. The maximum Gasteiger partial charge on any atom is 0.410 e. The second kappa shape index (κ2) is 6.46. The van der Waals surface area contributed by atoms with E-state index in [1.165, 1.54) is 12.8 Å². The lowest BCUT2D eigenvalue weighted by Crippen LogP contribution is -2.50. The average Bonchev–Trinajstić information content (AvgIpc) is 3.08. The number of likely N-dealkylation sites (tertiary alicyclic amines) is 1. The molecule has 4 atom stereocenters. The molecule has 0 radical (unpaired) electrons. The van der Waals surface area contributed by atoms with E-state index in [0.717, 1.165) is 43.7 Å². The van der Waals surface area contributed by atoms with Gasteiger partial charge in [0.1, 0.15) is 5.60 Å². The van der Waals surface area contributed by atoms with Gasteiger partial charge in [0.2, 0.25) is 0 Å². The summed E-state index contributed by atoms with van der Waals surface area (Å²) in [6.07, 6.45) is 9.46. The van der Waals surface area contributed by atoms with E-state index in [9.17, 15) is 4.79 Å². The van der Waals surface area contributed by atoms with Crippen LogP contribution in [0.3, 0.4) is 0 Å². The van der Waals surface area contributed by atoms with Crippen molar-refractivity contribution in [3.8, 4) is 0 Å². The Bertz CT molecular complexity index is 460. The molecule has 4 unspecified atom stereocenters. The van der Waals surface area contributed by atoms with Crippen LogP contribution in [0.5, 0.6) is 0 Å². The smallest absolute Gasteiger partial charge is 0.410 e. The van der Waals surface area contributed by atoms with Crippen molar-refractivity contribution in [2.45, 2.75) is 71.1 Å². The van der Waals surface area contributed by atoms with Gasteiger partial charge in [-0.05, 0) is 71.1 Å². The molecule has 1 saturated carbocycles. The number of carbonyl (C=O) groups is 1. The van der Waals surface area contributed by atoms with E-state index in [0.29, 0.717) is 12.1 Å². The van der Waals surface area contributed by atoms with E-state index in [1.54, 1.807) is 0 Å². The Hall–Kier alpha value is -1.03. The number of nitrogens with zero attached hydrogens (tertiary/aromatic N) is 1. The summed E-state index contributed by atoms with van der Waals surface area (Å²) in [5.41, 5.74) is -0.407. The number of hydrogen-bond acceptors (Lipinski definition) is 3. The lowest BCUT2D eigenvalue weighted by Gasteiger charge is -2.36. The molecule has 0 spiro atoms. The van der Waals surface area contributed by atoms with Crippen molar-refractivity contribution in [2.75, 3.05) is 13.1 Å². The molecule has 1 heterocycles. The quantitative estimate of drug-likeness (QED) is 0.808. The van der Waals surface area contributed by atoms with Gasteiger partial charge >= 0.3 is 6.09 Å². The van der Waals surface area contributed by atoms with Gasteiger partial charge in [0.25, 0.3) is 0 Å². The summed E-state index contributed by atoms with van der Waals surface area (Å²) >= 11 is 0. The fraction of sp³-hybridized carbons (Fsp3) is 0.842. The fourth-order valence-electron chi connectivity index (χ4n) is 4.45. The minimum absolute atomic E-state index is 0.165. The third kappa shape index (κ3) is 4.09. The Kier molecular flexibility index (Phi) is 4.73. The Morgan fingerprint density at radius 1 is 1.22 bits per heavy atom. The number of hydrogen-bond donors (Lipinski definition) is 1. The SMILES string of the molecule is CC(NC1CCN(C(=O)OC(C)(C)C)CC1)C1CC2C=CC1C2. The maximum absolute atomic E-state index is 12.1. The van der Waals surface area contributed by atoms with E-state index >= 15 is 0 Å². The standard InChI is InChI=1S/C19H32N2O2/c1-13(17-12-14-5-6-15(17)11-14)20-16-7-9-21(10-8-16)18(22)23-19(2,3)4/h5-6,13-17,20H,7-12H2,1-4H3. The van der Waals surface area contributed by atoms with Crippen LogP contribution in [0, 0.1) is 17.8 Å². The lowest BCUT2D eigenvalue weighted by atomic mass is 9.87. The third-order valence-corrected chi connectivity index (χ3v) is 5.62. The molecule has 130 valence electrons. The summed E-state index contributed by atoms with van der Waals surface area (Å²) in [7, 11) is 0. The molecule has 1 saturated heterocycles. The Labute approximate surface area is 140 Å². The summed E-state index contributed by atoms with van der Waals surface area (Å²) in [4.78, 5) is 14.0. The first kappa shape index (κ1) is 16.8. The van der Waals surface area contributed by atoms with E-state index in [4.69, 9.17) is 4.74 Å². The van der Waals surface area contributed by atoms with E-state index < -0.39 is 5.60 Å². The predicted octanol–water partition coefficient (Wildman–Crippen LogP) is 3.58. The third-order valence-electron chi connectivity index (χ3n) is 5.62. The summed E-state index contributed by atoms with van der Waals surface area (Å²) < 4.78 is 5.47. The molecule has 0 aromatic carbocycles. The van der Waals surface area contributed by atoms with Gasteiger partial charge in [-0.1, -0.05) is 12.2 Å². The molecule has 1 aliphatic heterocycles. The Morgan fingerprint density at radius 3 is 2.43 bits per heavy atom. The van der Waals surface area contributed by atoms with Crippen molar-refractivity contribution < 1.29 is 9.53 Å². The van der Waals surface area contributed by atoms with Crippen LogP contribution in [0.25, 0.3) is 0 Å². The van der Waals surface area contributed by atoms with Gasteiger partial charge in [0.05, 0.1) is 0 Å². The van der Waals surface area contributed by atoms with Crippen LogP contribution in [0.2, 0.25) is 0 Å². The predicted molar refractivity (Wildman–Crippen MR) is 92.3 cm³/mol. The molecule has 0 aromatic heterocycles. The number of piperidine rings is 1. The maximum atomic E-state index is 12.1. The van der Waals surface area contributed by atoms with Gasteiger partial charge < -0.3 is 15.0 Å². The first-order valence-corrected chi connectivity index (χ1v) is 9.24. The molecule has 2 fully saturated rings. The van der Waals surface area contributed by atoms with E-state index in [2.05, 4.69) is 24.4 Å². The van der Waals surface area contributed by atoms with Gasteiger partial charge in [0, 0.05) is 25.2 Å². The summed E-state index contributed by atoms with van der Waals surface area (Å²) in [5, 5.41) is 3.84. The minimum Gasteiger partial charge on any atom is -0.444 e. The summed E-state index contributed by atoms with van der Waals surface area (Å²) in [6, 6.07) is 1.11. The number of nitrogens with one attached hydrogen (secondary N) is 1. The number of ether oxygens (including phenoxy) is 1. The molecule has 3 aliphatic rings. The highest BCUT2D eigenvalue weighted by atomic mass is 16.6. The highest BCUT2D eigenvalue weighted by molar-refractivity contribution is 5.68. The zero-order valence-corrected chi connectivity index (χ0v) is 15.0. The molecule has 0 aromatic rings. The number of rotatable bonds is 3. The number of allylic oxidation sites excluding steroid dienone is 2. The van der Waals surface area contributed by atoms with E-state index in [1.807, 2.05) is 25.7 Å². The van der Waals surface area contributed by atoms with Crippen LogP contribution in [-0.4, -0.2) is 41.8 Å². The second-order valence-electron chi connectivity index (χ2n) is 8.64. The van der Waals surface area contributed by atoms with E-state index in [-0.39, 0.29) is 6.09 Å². The fourth-order valence-corrected chi connectivity index (χ4v) is 4.45. The average molecular weight is 320 g/mol. The number of carbonyl (C=O) groups excluding carboxylic acids is 1. The van der Waals surface area contributed by atoms with Crippen molar-refractivity contribution >= 4 is 6.09 Å². The van der Waals surface area contributed by atoms with Gasteiger partial charge in [-0.15, -0.1) is 0 Å². The Balaban J connectivity index is 1.42. The normalized spacial score (nSPS) is 32.3. The van der Waals surface area contributed by atoms with Crippen LogP contribution in [0.15, 0.2) is 12.2 Å². The van der Waals surface area contributed by atoms with Gasteiger partial charge in [-0.2, -0.15) is 0 Å². The molecule has 23 heavy (non-hydrogen) atoms. The zero-order valence-electron chi connectivity index (χ0n) is 15.0. The van der Waals surface area contributed by atoms with Gasteiger partial charge in [-0.3, -0.25) is 0 Å². The lowest BCUT2D eigenvalue weighted by molar-refractivity contribution is 0.0194. The van der Waals surface area contributed by atoms with Crippen molar-refractivity contribution in [2.24, 2.45) is 17.8 Å². The molecule has 2 aliphatic carbocycles. The molecule has 3 rings (SSSR count). The molecular formula is C19H32N2O2. The minimum atomic E-state index is -0.407. The van der Waals surface area contributed by atoms with Crippen LogP contribution in [-0.2, 0) is 4.74 Å². The van der Waals surface area contributed by atoms with Crippen LogP contribution in [0.1, 0.15) is 53.4 Å². The van der Waals surface area contributed by atoms with Gasteiger partial charge in [0.15, 0.2) is 0 Å². The number of amides is 1. The molecule has 1 N–H and O–H groups in total. The first-order valence-electron chi connectivity index (χ1n) is 9.24. The molecule has 2 bridgehead atoms. The molecule has 4 nitrogen and oxygen atoms in total. The topological polar surface area (TPSA) is 41.6 Å². The van der Waals surface area contributed by atoms with Crippen molar-refractivity contribution in [1.82, 2.24) is 10.2 Å². The second-order valence-corrected chi connectivity index (χ2v) is 8.64.